The van der Waals surface area contributed by atoms with Crippen LogP contribution in [0.15, 0.2) is 36.8 Å². The van der Waals surface area contributed by atoms with Crippen molar-refractivity contribution in [1.29, 1.82) is 0 Å². The molecule has 0 saturated carbocycles. The van der Waals surface area contributed by atoms with E-state index in [2.05, 4.69) is 47.3 Å². The molecule has 0 fully saturated rings. The van der Waals surface area contributed by atoms with E-state index in [-0.39, 0.29) is 0 Å². The third-order valence-electron chi connectivity index (χ3n) is 2.60. The molecule has 0 aliphatic heterocycles. The molecular formula is C13H15N3. The fourth-order valence-corrected chi connectivity index (χ4v) is 1.47. The van der Waals surface area contributed by atoms with Crippen molar-refractivity contribution in [1.82, 2.24) is 9.97 Å². The molecule has 0 bridgehead atoms. The molecule has 82 valence electrons. The lowest BCUT2D eigenvalue weighted by molar-refractivity contribution is 1.01. The number of aromatic nitrogens is 2. The van der Waals surface area contributed by atoms with Crippen LogP contribution in [-0.2, 0) is 6.54 Å². The summed E-state index contributed by atoms with van der Waals surface area (Å²) in [7, 11) is 0. The molecule has 0 spiro atoms. The Labute approximate surface area is 95.6 Å². The minimum absolute atomic E-state index is 0.705. The van der Waals surface area contributed by atoms with Gasteiger partial charge in [-0.1, -0.05) is 6.07 Å². The second-order valence-electron chi connectivity index (χ2n) is 3.85. The number of aryl methyl sites for hydroxylation is 2. The summed E-state index contributed by atoms with van der Waals surface area (Å²) in [5.41, 5.74) is 4.67. The minimum atomic E-state index is 0.705. The lowest BCUT2D eigenvalue weighted by Crippen LogP contribution is -2.02. The van der Waals surface area contributed by atoms with Crippen molar-refractivity contribution in [2.45, 2.75) is 20.4 Å². The highest BCUT2D eigenvalue weighted by Crippen LogP contribution is 2.14. The van der Waals surface area contributed by atoms with Gasteiger partial charge in [0.15, 0.2) is 0 Å². The van der Waals surface area contributed by atoms with Crippen molar-refractivity contribution in [3.63, 3.8) is 0 Å². The van der Waals surface area contributed by atoms with Crippen LogP contribution in [0, 0.1) is 13.8 Å². The van der Waals surface area contributed by atoms with Crippen LogP contribution in [0.1, 0.15) is 16.8 Å². The van der Waals surface area contributed by atoms with Gasteiger partial charge in [-0.15, -0.1) is 0 Å². The molecule has 0 saturated heterocycles. The number of benzene rings is 1. The predicted octanol–water partition coefficient (Wildman–Crippen LogP) is 2.71. The van der Waals surface area contributed by atoms with Crippen molar-refractivity contribution < 1.29 is 0 Å². The van der Waals surface area contributed by atoms with Gasteiger partial charge in [-0.3, -0.25) is 9.97 Å². The average Bonchev–Trinajstić information content (AvgIpc) is 2.32. The van der Waals surface area contributed by atoms with Crippen molar-refractivity contribution in [3.05, 3.63) is 53.6 Å². The van der Waals surface area contributed by atoms with E-state index < -0.39 is 0 Å². The van der Waals surface area contributed by atoms with Crippen LogP contribution in [-0.4, -0.2) is 9.97 Å². The second-order valence-corrected chi connectivity index (χ2v) is 3.85. The lowest BCUT2D eigenvalue weighted by Gasteiger charge is -2.07. The standard InChI is InChI=1S/C13H15N3/c1-10-3-4-12(7-11(10)2)16-9-13-8-14-5-6-15-13/h3-8,16H,9H2,1-2H3. The summed E-state index contributed by atoms with van der Waals surface area (Å²) in [5.74, 6) is 0. The smallest absolute Gasteiger partial charge is 0.0777 e. The Morgan fingerprint density at radius 1 is 1.12 bits per heavy atom. The number of rotatable bonds is 3. The summed E-state index contributed by atoms with van der Waals surface area (Å²) in [6.45, 7) is 4.93. The van der Waals surface area contributed by atoms with E-state index in [1.807, 2.05) is 0 Å². The maximum Gasteiger partial charge on any atom is 0.0777 e. The monoisotopic (exact) mass is 213 g/mol. The maximum atomic E-state index is 4.21. The molecule has 0 aliphatic carbocycles. The Bertz CT molecular complexity index is 466. The van der Waals surface area contributed by atoms with Crippen LogP contribution in [0.2, 0.25) is 0 Å². The molecule has 2 rings (SSSR count). The zero-order chi connectivity index (χ0) is 11.4. The molecule has 2 aromatic rings. The van der Waals surface area contributed by atoms with Gasteiger partial charge < -0.3 is 5.32 Å². The Morgan fingerprint density at radius 2 is 2.00 bits per heavy atom. The van der Waals surface area contributed by atoms with Gasteiger partial charge in [-0.25, -0.2) is 0 Å². The Kier molecular flexibility index (Phi) is 3.15. The first-order valence-electron chi connectivity index (χ1n) is 5.32. The van der Waals surface area contributed by atoms with E-state index in [9.17, 15) is 0 Å². The van der Waals surface area contributed by atoms with Gasteiger partial charge in [-0.2, -0.15) is 0 Å². The minimum Gasteiger partial charge on any atom is -0.379 e. The van der Waals surface area contributed by atoms with E-state index in [1.165, 1.54) is 11.1 Å². The highest BCUT2D eigenvalue weighted by atomic mass is 14.9. The van der Waals surface area contributed by atoms with Crippen LogP contribution in [0.3, 0.4) is 0 Å². The molecule has 1 N–H and O–H groups in total. The fourth-order valence-electron chi connectivity index (χ4n) is 1.47. The van der Waals surface area contributed by atoms with Crippen LogP contribution >= 0.6 is 0 Å². The van der Waals surface area contributed by atoms with E-state index in [0.717, 1.165) is 11.4 Å². The summed E-state index contributed by atoms with van der Waals surface area (Å²) in [4.78, 5) is 8.23. The molecule has 1 aromatic carbocycles. The first-order chi connectivity index (χ1) is 7.75. The highest BCUT2D eigenvalue weighted by Gasteiger charge is 1.97. The largest absolute Gasteiger partial charge is 0.379 e. The molecule has 0 radical (unpaired) electrons. The molecular weight excluding hydrogens is 198 g/mol. The summed E-state index contributed by atoms with van der Waals surface area (Å²) in [6.07, 6.45) is 5.16. The molecule has 1 heterocycles. The van der Waals surface area contributed by atoms with E-state index in [0.29, 0.717) is 6.54 Å². The topological polar surface area (TPSA) is 37.8 Å². The van der Waals surface area contributed by atoms with Gasteiger partial charge in [0.1, 0.15) is 0 Å². The predicted molar refractivity (Wildman–Crippen MR) is 65.3 cm³/mol. The van der Waals surface area contributed by atoms with Crippen molar-refractivity contribution in [2.24, 2.45) is 0 Å². The molecule has 3 heteroatoms. The lowest BCUT2D eigenvalue weighted by atomic mass is 10.1. The van der Waals surface area contributed by atoms with Gasteiger partial charge in [0.25, 0.3) is 0 Å². The zero-order valence-corrected chi connectivity index (χ0v) is 9.57. The summed E-state index contributed by atoms with van der Waals surface area (Å²) < 4.78 is 0. The third kappa shape index (κ3) is 2.57. The molecule has 0 atom stereocenters. The number of nitrogens with zero attached hydrogens (tertiary/aromatic N) is 2. The Balaban J connectivity index is 2.03. The van der Waals surface area contributed by atoms with Gasteiger partial charge >= 0.3 is 0 Å². The Morgan fingerprint density at radius 3 is 2.69 bits per heavy atom. The fraction of sp³-hybridized carbons (Fsp3) is 0.231. The molecule has 3 nitrogen and oxygen atoms in total. The first kappa shape index (κ1) is 10.6. The van der Waals surface area contributed by atoms with Crippen molar-refractivity contribution in [3.8, 4) is 0 Å². The number of hydrogen-bond donors (Lipinski definition) is 1. The quantitative estimate of drug-likeness (QED) is 0.851. The maximum absolute atomic E-state index is 4.21. The average molecular weight is 213 g/mol. The van der Waals surface area contributed by atoms with Crippen LogP contribution in [0.4, 0.5) is 5.69 Å². The molecule has 0 aliphatic rings. The summed E-state index contributed by atoms with van der Waals surface area (Å²) >= 11 is 0. The van der Waals surface area contributed by atoms with Crippen molar-refractivity contribution in [2.75, 3.05) is 5.32 Å². The van der Waals surface area contributed by atoms with E-state index in [1.54, 1.807) is 18.6 Å². The SMILES string of the molecule is Cc1ccc(NCc2cnccn2)cc1C. The number of anilines is 1. The van der Waals surface area contributed by atoms with E-state index in [4.69, 9.17) is 0 Å². The first-order valence-corrected chi connectivity index (χ1v) is 5.32. The molecule has 1 aromatic heterocycles. The molecule has 0 amide bonds. The number of hydrogen-bond acceptors (Lipinski definition) is 3. The normalized spacial score (nSPS) is 10.1. The Hall–Kier alpha value is -1.90. The summed E-state index contributed by atoms with van der Waals surface area (Å²) in [6, 6.07) is 6.35. The van der Waals surface area contributed by atoms with Crippen LogP contribution in [0.25, 0.3) is 0 Å². The zero-order valence-electron chi connectivity index (χ0n) is 9.57. The van der Waals surface area contributed by atoms with Crippen LogP contribution in [0.5, 0.6) is 0 Å². The molecule has 0 unspecified atom stereocenters. The second kappa shape index (κ2) is 4.75. The molecule has 16 heavy (non-hydrogen) atoms. The number of nitrogens with one attached hydrogen (secondary N) is 1. The van der Waals surface area contributed by atoms with Gasteiger partial charge in [0, 0.05) is 18.1 Å². The third-order valence-corrected chi connectivity index (χ3v) is 2.60. The summed E-state index contributed by atoms with van der Waals surface area (Å²) in [5, 5.41) is 3.33. The van der Waals surface area contributed by atoms with Crippen LogP contribution < -0.4 is 5.32 Å². The van der Waals surface area contributed by atoms with E-state index >= 15 is 0 Å². The van der Waals surface area contributed by atoms with Gasteiger partial charge in [0.2, 0.25) is 0 Å². The van der Waals surface area contributed by atoms with Gasteiger partial charge in [0.05, 0.1) is 18.4 Å². The van der Waals surface area contributed by atoms with Gasteiger partial charge in [-0.05, 0) is 37.1 Å². The highest BCUT2D eigenvalue weighted by molar-refractivity contribution is 5.48. The van der Waals surface area contributed by atoms with Crippen molar-refractivity contribution >= 4 is 5.69 Å².